The van der Waals surface area contributed by atoms with Gasteiger partial charge in [-0.3, -0.25) is 4.90 Å². The van der Waals surface area contributed by atoms with Crippen LogP contribution in [-0.2, 0) is 9.53 Å². The molecule has 0 radical (unpaired) electrons. The molecule has 0 aliphatic carbocycles. The molecular weight excluding hydrogens is 234 g/mol. The first kappa shape index (κ1) is 14.5. The molecule has 1 atom stereocenters. The lowest BCUT2D eigenvalue weighted by Gasteiger charge is -2.35. The third-order valence-corrected chi connectivity index (χ3v) is 2.98. The van der Waals surface area contributed by atoms with Crippen molar-refractivity contribution in [3.05, 3.63) is 12.7 Å². The summed E-state index contributed by atoms with van der Waals surface area (Å²) in [6.45, 7) is 9.27. The van der Waals surface area contributed by atoms with Gasteiger partial charge < -0.3 is 9.84 Å². The molecule has 1 fully saturated rings. The third-order valence-electron chi connectivity index (χ3n) is 2.98. The molecule has 1 aliphatic heterocycles. The van der Waals surface area contributed by atoms with Gasteiger partial charge >= 0.3 is 12.1 Å². The summed E-state index contributed by atoms with van der Waals surface area (Å²) in [5.41, 5.74) is -1.82. The highest BCUT2D eigenvalue weighted by Crippen LogP contribution is 2.34. The molecule has 5 heteroatoms. The number of hydrogen-bond acceptors (Lipinski definition) is 3. The molecule has 1 unspecified atom stereocenters. The van der Waals surface area contributed by atoms with Crippen molar-refractivity contribution in [3.63, 3.8) is 0 Å². The summed E-state index contributed by atoms with van der Waals surface area (Å²) in [6, 6.07) is 0. The average molecular weight is 255 g/mol. The zero-order chi connectivity index (χ0) is 14.0. The molecular formula is C13H21NO4. The maximum absolute atomic E-state index is 12.1. The van der Waals surface area contributed by atoms with Crippen LogP contribution in [-0.4, -0.2) is 39.8 Å². The molecule has 1 saturated heterocycles. The van der Waals surface area contributed by atoms with E-state index in [9.17, 15) is 14.7 Å². The van der Waals surface area contributed by atoms with Crippen LogP contribution < -0.4 is 0 Å². The van der Waals surface area contributed by atoms with Crippen LogP contribution in [0.25, 0.3) is 0 Å². The Hall–Kier alpha value is -1.52. The van der Waals surface area contributed by atoms with Crippen molar-refractivity contribution in [1.29, 1.82) is 0 Å². The molecule has 1 heterocycles. The van der Waals surface area contributed by atoms with Gasteiger partial charge in [0, 0.05) is 6.54 Å². The molecule has 1 N–H and O–H groups in total. The minimum Gasteiger partial charge on any atom is -0.479 e. The standard InChI is InChI=1S/C13H21NO4/c1-5-7-13(10(15)16)8-6-9-14(13)11(17)18-12(2,3)4/h5H,1,6-9H2,2-4H3,(H,15,16). The van der Waals surface area contributed by atoms with Crippen molar-refractivity contribution in [2.45, 2.75) is 51.2 Å². The summed E-state index contributed by atoms with van der Waals surface area (Å²) >= 11 is 0. The van der Waals surface area contributed by atoms with Crippen molar-refractivity contribution in [1.82, 2.24) is 4.90 Å². The first-order valence-corrected chi connectivity index (χ1v) is 6.08. The number of carbonyl (C=O) groups is 2. The third kappa shape index (κ3) is 2.83. The van der Waals surface area contributed by atoms with E-state index in [1.807, 2.05) is 0 Å². The fourth-order valence-electron chi connectivity index (χ4n) is 2.22. The van der Waals surface area contributed by atoms with E-state index in [4.69, 9.17) is 4.74 Å². The largest absolute Gasteiger partial charge is 0.479 e. The molecule has 0 aromatic carbocycles. The van der Waals surface area contributed by atoms with Gasteiger partial charge in [-0.15, -0.1) is 6.58 Å². The number of rotatable bonds is 3. The van der Waals surface area contributed by atoms with Gasteiger partial charge in [-0.1, -0.05) is 6.08 Å². The lowest BCUT2D eigenvalue weighted by Crippen LogP contribution is -2.54. The monoisotopic (exact) mass is 255 g/mol. The first-order chi connectivity index (χ1) is 8.23. The fourth-order valence-corrected chi connectivity index (χ4v) is 2.22. The van der Waals surface area contributed by atoms with Gasteiger partial charge in [0.05, 0.1) is 0 Å². The van der Waals surface area contributed by atoms with Gasteiger partial charge in [-0.2, -0.15) is 0 Å². The molecule has 0 saturated carbocycles. The maximum atomic E-state index is 12.1. The van der Waals surface area contributed by atoms with Crippen molar-refractivity contribution in [2.75, 3.05) is 6.54 Å². The number of likely N-dealkylation sites (tertiary alicyclic amines) is 1. The quantitative estimate of drug-likeness (QED) is 0.786. The van der Waals surface area contributed by atoms with Gasteiger partial charge in [0.1, 0.15) is 11.1 Å². The normalized spacial score (nSPS) is 23.8. The summed E-state index contributed by atoms with van der Waals surface area (Å²) < 4.78 is 5.26. The predicted octanol–water partition coefficient (Wildman–Crippen LogP) is 2.42. The van der Waals surface area contributed by atoms with Crippen LogP contribution in [0.4, 0.5) is 4.79 Å². The molecule has 5 nitrogen and oxygen atoms in total. The van der Waals surface area contributed by atoms with E-state index < -0.39 is 23.2 Å². The number of carboxylic acid groups (broad SMARTS) is 1. The molecule has 1 aliphatic rings. The van der Waals surface area contributed by atoms with Crippen LogP contribution in [0.2, 0.25) is 0 Å². The Morgan fingerprint density at radius 1 is 1.50 bits per heavy atom. The highest BCUT2D eigenvalue weighted by atomic mass is 16.6. The van der Waals surface area contributed by atoms with Crippen molar-refractivity contribution < 1.29 is 19.4 Å². The summed E-state index contributed by atoms with van der Waals surface area (Å²) in [5, 5.41) is 9.42. The zero-order valence-electron chi connectivity index (χ0n) is 11.2. The number of carboxylic acids is 1. The SMILES string of the molecule is C=CCC1(C(=O)O)CCCN1C(=O)OC(C)(C)C. The molecule has 0 spiro atoms. The second kappa shape index (κ2) is 5.00. The van der Waals surface area contributed by atoms with Crippen LogP contribution in [0.15, 0.2) is 12.7 Å². The Morgan fingerprint density at radius 2 is 2.11 bits per heavy atom. The Balaban J connectivity index is 2.95. The summed E-state index contributed by atoms with van der Waals surface area (Å²) in [6.07, 6.45) is 2.31. The van der Waals surface area contributed by atoms with E-state index in [2.05, 4.69) is 6.58 Å². The number of hydrogen-bond donors (Lipinski definition) is 1. The highest BCUT2D eigenvalue weighted by Gasteiger charge is 2.50. The average Bonchev–Trinajstić information content (AvgIpc) is 2.60. The van der Waals surface area contributed by atoms with Crippen molar-refractivity contribution in [3.8, 4) is 0 Å². The minimum absolute atomic E-state index is 0.238. The van der Waals surface area contributed by atoms with Crippen LogP contribution >= 0.6 is 0 Å². The van der Waals surface area contributed by atoms with E-state index in [0.717, 1.165) is 0 Å². The van der Waals surface area contributed by atoms with E-state index in [0.29, 0.717) is 19.4 Å². The summed E-state index contributed by atoms with van der Waals surface area (Å²) in [4.78, 5) is 24.9. The van der Waals surface area contributed by atoms with Gasteiger partial charge in [-0.05, 0) is 40.0 Å². The molecule has 0 aromatic heterocycles. The first-order valence-electron chi connectivity index (χ1n) is 6.08. The predicted molar refractivity (Wildman–Crippen MR) is 67.4 cm³/mol. The van der Waals surface area contributed by atoms with Crippen molar-refractivity contribution in [2.24, 2.45) is 0 Å². The Morgan fingerprint density at radius 3 is 2.56 bits per heavy atom. The molecule has 0 aromatic rings. The number of aliphatic carboxylic acids is 1. The molecule has 0 bridgehead atoms. The topological polar surface area (TPSA) is 66.8 Å². The molecule has 1 rings (SSSR count). The van der Waals surface area contributed by atoms with E-state index in [-0.39, 0.29) is 6.42 Å². The van der Waals surface area contributed by atoms with Gasteiger partial charge in [0.25, 0.3) is 0 Å². The van der Waals surface area contributed by atoms with Crippen LogP contribution in [0.3, 0.4) is 0 Å². The van der Waals surface area contributed by atoms with Crippen LogP contribution in [0, 0.1) is 0 Å². The summed E-state index contributed by atoms with van der Waals surface area (Å²) in [5.74, 6) is -0.995. The fraction of sp³-hybridized carbons (Fsp3) is 0.692. The Kier molecular flexibility index (Phi) is 4.04. The Labute approximate surface area is 107 Å². The number of nitrogens with zero attached hydrogens (tertiary/aromatic N) is 1. The molecule has 1 amide bonds. The number of carbonyl (C=O) groups excluding carboxylic acids is 1. The van der Waals surface area contributed by atoms with Crippen molar-refractivity contribution >= 4 is 12.1 Å². The van der Waals surface area contributed by atoms with E-state index in [1.165, 1.54) is 11.0 Å². The van der Waals surface area contributed by atoms with Gasteiger partial charge in [-0.25, -0.2) is 9.59 Å². The maximum Gasteiger partial charge on any atom is 0.411 e. The number of ether oxygens (including phenoxy) is 1. The molecule has 102 valence electrons. The van der Waals surface area contributed by atoms with E-state index >= 15 is 0 Å². The molecule has 18 heavy (non-hydrogen) atoms. The Bertz CT molecular complexity index is 358. The van der Waals surface area contributed by atoms with E-state index in [1.54, 1.807) is 20.8 Å². The van der Waals surface area contributed by atoms with Gasteiger partial charge in [0.15, 0.2) is 0 Å². The lowest BCUT2D eigenvalue weighted by atomic mass is 9.92. The second-order valence-corrected chi connectivity index (χ2v) is 5.57. The van der Waals surface area contributed by atoms with Crippen LogP contribution in [0.5, 0.6) is 0 Å². The zero-order valence-corrected chi connectivity index (χ0v) is 11.2. The minimum atomic E-state index is -1.19. The smallest absolute Gasteiger partial charge is 0.411 e. The van der Waals surface area contributed by atoms with Crippen LogP contribution in [0.1, 0.15) is 40.0 Å². The second-order valence-electron chi connectivity index (χ2n) is 5.57. The number of amides is 1. The van der Waals surface area contributed by atoms with Gasteiger partial charge in [0.2, 0.25) is 0 Å². The highest BCUT2D eigenvalue weighted by molar-refractivity contribution is 5.85. The summed E-state index contributed by atoms with van der Waals surface area (Å²) in [7, 11) is 0. The lowest BCUT2D eigenvalue weighted by molar-refractivity contribution is -0.149.